The predicted octanol–water partition coefficient (Wildman–Crippen LogP) is 10.0. The van der Waals surface area contributed by atoms with Crippen LogP contribution in [0.4, 0.5) is 0 Å². The van der Waals surface area contributed by atoms with Crippen molar-refractivity contribution in [3.63, 3.8) is 0 Å². The highest BCUT2D eigenvalue weighted by molar-refractivity contribution is 4.96. The Morgan fingerprint density at radius 3 is 1.55 bits per heavy atom. The zero-order valence-corrected chi connectivity index (χ0v) is 24.7. The van der Waals surface area contributed by atoms with Gasteiger partial charge < -0.3 is 4.90 Å². The molecule has 0 atom stereocenters. The minimum atomic E-state index is 0. The molecular formula is C31H68N2. The zero-order valence-electron chi connectivity index (χ0n) is 24.7. The van der Waals surface area contributed by atoms with Crippen LogP contribution in [0.3, 0.4) is 0 Å². The lowest BCUT2D eigenvalue weighted by Crippen LogP contribution is -2.51. The predicted molar refractivity (Wildman–Crippen MR) is 156 cm³/mol. The largest absolute Gasteiger partial charge is 0.376 e. The van der Waals surface area contributed by atoms with Crippen LogP contribution >= 0.6 is 0 Å². The van der Waals surface area contributed by atoms with Gasteiger partial charge in [-0.3, -0.25) is 4.90 Å². The minimum Gasteiger partial charge on any atom is -0.376 e. The molecule has 0 unspecified atom stereocenters. The number of nitrogens with zero attached hydrogens (tertiary/aromatic N) is 2. The van der Waals surface area contributed by atoms with Crippen molar-refractivity contribution in [2.75, 3.05) is 26.2 Å². The Bertz CT molecular complexity index is 434. The van der Waals surface area contributed by atoms with Gasteiger partial charge in [-0.15, -0.1) is 0 Å². The molecule has 33 heavy (non-hydrogen) atoms. The molecule has 2 heteroatoms. The average Bonchev–Trinajstić information content (AvgIpc) is 2.81. The van der Waals surface area contributed by atoms with E-state index in [9.17, 15) is 0 Å². The topological polar surface area (TPSA) is 6.48 Å². The van der Waals surface area contributed by atoms with E-state index in [4.69, 9.17) is 0 Å². The third-order valence-corrected chi connectivity index (χ3v) is 7.58. The number of hydrogen-bond donors (Lipinski definition) is 0. The van der Waals surface area contributed by atoms with Crippen molar-refractivity contribution in [2.45, 2.75) is 147 Å². The molecule has 0 N–H and O–H groups in total. The number of allylic oxidation sites excluding steroid dienone is 1. The van der Waals surface area contributed by atoms with Crippen LogP contribution in [0.5, 0.6) is 0 Å². The maximum atomic E-state index is 4.12. The van der Waals surface area contributed by atoms with E-state index in [-0.39, 0.29) is 7.43 Å². The molecule has 2 heterocycles. The highest BCUT2D eigenvalue weighted by atomic mass is 15.2. The highest BCUT2D eigenvalue weighted by Gasteiger charge is 2.40. The van der Waals surface area contributed by atoms with Gasteiger partial charge in [-0.1, -0.05) is 95.6 Å². The van der Waals surface area contributed by atoms with Gasteiger partial charge in [-0.25, -0.2) is 0 Å². The molecule has 0 spiro atoms. The summed E-state index contributed by atoms with van der Waals surface area (Å²) in [5.74, 6) is 1.82. The molecule has 0 bridgehead atoms. The quantitative estimate of drug-likeness (QED) is 0.366. The lowest BCUT2D eigenvalue weighted by Gasteiger charge is -2.49. The third-order valence-electron chi connectivity index (χ3n) is 7.58. The van der Waals surface area contributed by atoms with Gasteiger partial charge in [0.2, 0.25) is 0 Å². The SMILES string of the molecule is C.C=C(C)N1CCC(C(C)(C)CC(C)(C)N2CCC(CC)CC2)CC1.CC.CC.CCCC. The van der Waals surface area contributed by atoms with Gasteiger partial charge in [-0.2, -0.15) is 0 Å². The van der Waals surface area contributed by atoms with Crippen LogP contribution in [0.1, 0.15) is 142 Å². The molecule has 0 saturated carbocycles. The Labute approximate surface area is 213 Å². The number of rotatable bonds is 7. The lowest BCUT2D eigenvalue weighted by molar-refractivity contribution is 0.0108. The molecule has 2 nitrogen and oxygen atoms in total. The van der Waals surface area contributed by atoms with E-state index in [0.29, 0.717) is 11.0 Å². The van der Waals surface area contributed by atoms with Gasteiger partial charge in [0.05, 0.1) is 0 Å². The van der Waals surface area contributed by atoms with Gasteiger partial charge in [-0.05, 0) is 83.2 Å². The summed E-state index contributed by atoms with van der Waals surface area (Å²) in [6.45, 7) is 36.0. The van der Waals surface area contributed by atoms with Crippen LogP contribution in [0, 0.1) is 17.3 Å². The van der Waals surface area contributed by atoms with E-state index in [1.54, 1.807) is 0 Å². The van der Waals surface area contributed by atoms with E-state index in [1.807, 2.05) is 27.7 Å². The van der Waals surface area contributed by atoms with Crippen LogP contribution in [0.15, 0.2) is 12.3 Å². The van der Waals surface area contributed by atoms with Crippen molar-refractivity contribution >= 4 is 0 Å². The van der Waals surface area contributed by atoms with Crippen LogP contribution in [0.25, 0.3) is 0 Å². The normalized spacial score (nSPS) is 17.9. The van der Waals surface area contributed by atoms with Crippen LogP contribution in [-0.2, 0) is 0 Å². The second kappa shape index (κ2) is 19.8. The van der Waals surface area contributed by atoms with E-state index in [2.05, 4.69) is 71.8 Å². The summed E-state index contributed by atoms with van der Waals surface area (Å²) in [6.07, 6.45) is 10.8. The molecule has 0 aromatic carbocycles. The first-order chi connectivity index (χ1) is 15.1. The van der Waals surface area contributed by atoms with Crippen molar-refractivity contribution in [3.8, 4) is 0 Å². The Hall–Kier alpha value is -0.500. The Balaban J connectivity index is -0.000000884. The summed E-state index contributed by atoms with van der Waals surface area (Å²) in [4.78, 5) is 5.25. The Kier molecular flexibility index (Phi) is 22.2. The molecule has 202 valence electrons. The molecule has 2 aliphatic rings. The number of hydrogen-bond acceptors (Lipinski definition) is 2. The summed E-state index contributed by atoms with van der Waals surface area (Å²) in [7, 11) is 0. The third kappa shape index (κ3) is 13.8. The first-order valence-electron chi connectivity index (χ1n) is 14.2. The first kappa shape index (κ1) is 37.1. The summed E-state index contributed by atoms with van der Waals surface area (Å²) in [5.41, 5.74) is 1.99. The van der Waals surface area contributed by atoms with E-state index in [0.717, 1.165) is 11.8 Å². The molecule has 0 aliphatic carbocycles. The van der Waals surface area contributed by atoms with Crippen LogP contribution < -0.4 is 0 Å². The first-order valence-corrected chi connectivity index (χ1v) is 14.2. The molecule has 2 aliphatic heterocycles. The molecule has 2 fully saturated rings. The van der Waals surface area contributed by atoms with Gasteiger partial charge in [0, 0.05) is 24.3 Å². The maximum absolute atomic E-state index is 4.12. The summed E-state index contributed by atoms with van der Waals surface area (Å²) < 4.78 is 0. The number of unbranched alkanes of at least 4 members (excludes halogenated alkanes) is 1. The van der Waals surface area contributed by atoms with Crippen molar-refractivity contribution in [1.29, 1.82) is 0 Å². The summed E-state index contributed by atoms with van der Waals surface area (Å²) >= 11 is 0. The van der Waals surface area contributed by atoms with Crippen molar-refractivity contribution in [1.82, 2.24) is 9.80 Å². The molecule has 0 radical (unpaired) electrons. The standard InChI is InChI=1S/C22H42N2.C4H10.2C2H6.CH4/c1-8-19-9-15-24(16-10-19)22(6,7)17-21(4,5)20-11-13-23(14-12-20)18(2)3;1-3-4-2;2*1-2;/h19-20H,2,8-17H2,1,3-7H3;3-4H2,1-2H3;2*1-2H3;1H4. The Morgan fingerprint density at radius 1 is 0.788 bits per heavy atom. The molecule has 2 rings (SSSR count). The summed E-state index contributed by atoms with van der Waals surface area (Å²) in [5, 5.41) is 0. The second-order valence-corrected chi connectivity index (χ2v) is 10.8. The highest BCUT2D eigenvalue weighted by Crippen LogP contribution is 2.43. The molecule has 0 amide bonds. The van der Waals surface area contributed by atoms with Gasteiger partial charge in [0.25, 0.3) is 0 Å². The van der Waals surface area contributed by atoms with E-state index < -0.39 is 0 Å². The monoisotopic (exact) mass is 469 g/mol. The summed E-state index contributed by atoms with van der Waals surface area (Å²) in [6, 6.07) is 0. The Morgan fingerprint density at radius 2 is 1.21 bits per heavy atom. The van der Waals surface area contributed by atoms with Crippen molar-refractivity contribution in [2.24, 2.45) is 17.3 Å². The fourth-order valence-corrected chi connectivity index (χ4v) is 5.36. The number of piperidine rings is 2. The van der Waals surface area contributed by atoms with Crippen LogP contribution in [0.2, 0.25) is 0 Å². The lowest BCUT2D eigenvalue weighted by atomic mass is 9.67. The maximum Gasteiger partial charge on any atom is 0.0177 e. The number of likely N-dealkylation sites (tertiary alicyclic amines) is 2. The zero-order chi connectivity index (χ0) is 25.4. The minimum absolute atomic E-state index is 0. The van der Waals surface area contributed by atoms with Gasteiger partial charge in [0.15, 0.2) is 0 Å². The van der Waals surface area contributed by atoms with Crippen molar-refractivity contribution in [3.05, 3.63) is 12.3 Å². The molecule has 0 aromatic rings. The van der Waals surface area contributed by atoms with Crippen LogP contribution in [-0.4, -0.2) is 41.5 Å². The van der Waals surface area contributed by atoms with E-state index >= 15 is 0 Å². The smallest absolute Gasteiger partial charge is 0.0177 e. The molecule has 2 saturated heterocycles. The second-order valence-electron chi connectivity index (χ2n) is 10.8. The van der Waals surface area contributed by atoms with Gasteiger partial charge in [0.1, 0.15) is 0 Å². The fourth-order valence-electron chi connectivity index (χ4n) is 5.36. The van der Waals surface area contributed by atoms with E-state index in [1.165, 1.54) is 83.2 Å². The fraction of sp³-hybridized carbons (Fsp3) is 0.935. The average molecular weight is 469 g/mol. The van der Waals surface area contributed by atoms with Crippen molar-refractivity contribution < 1.29 is 0 Å². The molecule has 0 aromatic heterocycles. The molecular weight excluding hydrogens is 400 g/mol. The van der Waals surface area contributed by atoms with Gasteiger partial charge >= 0.3 is 0 Å².